The van der Waals surface area contributed by atoms with E-state index in [1.54, 1.807) is 6.07 Å². The molecule has 0 aliphatic rings. The Hall–Kier alpha value is 0.0700. The fourth-order valence-corrected chi connectivity index (χ4v) is 2.66. The van der Waals surface area contributed by atoms with Crippen LogP contribution in [-0.2, 0) is 6.54 Å². The molecular weight excluding hydrogens is 349 g/mol. The minimum Gasteiger partial charge on any atom is -0.302 e. The van der Waals surface area contributed by atoms with Crippen molar-refractivity contribution >= 4 is 31.9 Å². The first-order valence-electron chi connectivity index (χ1n) is 5.81. The van der Waals surface area contributed by atoms with Gasteiger partial charge in [0.05, 0.1) is 0 Å². The Balaban J connectivity index is 2.36. The molecule has 0 N–H and O–H groups in total. The molecule has 0 atom stereocenters. The first kappa shape index (κ1) is 15.1. The quantitative estimate of drug-likeness (QED) is 0.504. The van der Waals surface area contributed by atoms with Crippen LogP contribution in [0.15, 0.2) is 22.7 Å². The largest absolute Gasteiger partial charge is 0.302 e. The van der Waals surface area contributed by atoms with Crippen molar-refractivity contribution < 1.29 is 4.39 Å². The molecule has 1 nitrogen and oxygen atoms in total. The average molecular weight is 367 g/mol. The summed E-state index contributed by atoms with van der Waals surface area (Å²) in [7, 11) is 2.08. The van der Waals surface area contributed by atoms with E-state index in [1.807, 2.05) is 6.07 Å². The van der Waals surface area contributed by atoms with Gasteiger partial charge in [-0.25, -0.2) is 4.39 Å². The second kappa shape index (κ2) is 8.22. The molecule has 96 valence electrons. The van der Waals surface area contributed by atoms with Gasteiger partial charge in [0.25, 0.3) is 0 Å². The minimum atomic E-state index is -0.179. The summed E-state index contributed by atoms with van der Waals surface area (Å²) < 4.78 is 14.0. The zero-order valence-electron chi connectivity index (χ0n) is 10.1. The van der Waals surface area contributed by atoms with Gasteiger partial charge in [-0.1, -0.05) is 38.3 Å². The van der Waals surface area contributed by atoms with Crippen molar-refractivity contribution in [3.8, 4) is 0 Å². The lowest BCUT2D eigenvalue weighted by molar-refractivity contribution is 0.318. The van der Waals surface area contributed by atoms with Gasteiger partial charge < -0.3 is 4.90 Å². The number of hydrogen-bond donors (Lipinski definition) is 0. The highest BCUT2D eigenvalue weighted by Gasteiger charge is 2.03. The van der Waals surface area contributed by atoms with Gasteiger partial charge in [-0.05, 0) is 50.2 Å². The zero-order chi connectivity index (χ0) is 12.7. The van der Waals surface area contributed by atoms with Crippen molar-refractivity contribution in [2.75, 3.05) is 18.9 Å². The lowest BCUT2D eigenvalue weighted by Gasteiger charge is -2.16. The van der Waals surface area contributed by atoms with Gasteiger partial charge in [-0.3, -0.25) is 0 Å². The van der Waals surface area contributed by atoms with Crippen molar-refractivity contribution in [3.05, 3.63) is 34.1 Å². The standard InChI is InChI=1S/C13H18Br2FN/c1-17(6-4-2-3-5-14)10-11-7-12(15)9-13(16)8-11/h7-9H,2-6,10H2,1H3. The molecule has 0 heterocycles. The molecule has 0 saturated carbocycles. The van der Waals surface area contributed by atoms with Crippen LogP contribution in [0.5, 0.6) is 0 Å². The van der Waals surface area contributed by atoms with E-state index in [0.717, 1.165) is 28.5 Å². The van der Waals surface area contributed by atoms with E-state index >= 15 is 0 Å². The van der Waals surface area contributed by atoms with E-state index in [0.29, 0.717) is 0 Å². The molecule has 1 rings (SSSR count). The van der Waals surface area contributed by atoms with Crippen molar-refractivity contribution in [3.63, 3.8) is 0 Å². The van der Waals surface area contributed by atoms with Gasteiger partial charge in [-0.2, -0.15) is 0 Å². The number of alkyl halides is 1. The van der Waals surface area contributed by atoms with Gasteiger partial charge in [0.1, 0.15) is 5.82 Å². The van der Waals surface area contributed by atoms with E-state index < -0.39 is 0 Å². The molecule has 0 spiro atoms. The Bertz CT molecular complexity index is 324. The normalized spacial score (nSPS) is 11.1. The van der Waals surface area contributed by atoms with Crippen LogP contribution in [0.2, 0.25) is 0 Å². The molecule has 0 fully saturated rings. The maximum absolute atomic E-state index is 13.2. The smallest absolute Gasteiger partial charge is 0.124 e. The highest BCUT2D eigenvalue weighted by atomic mass is 79.9. The summed E-state index contributed by atoms with van der Waals surface area (Å²) in [5.41, 5.74) is 1.01. The molecule has 1 aromatic carbocycles. The van der Waals surface area contributed by atoms with Gasteiger partial charge in [0, 0.05) is 16.3 Å². The highest BCUT2D eigenvalue weighted by Crippen LogP contribution is 2.16. The molecule has 0 aliphatic carbocycles. The highest BCUT2D eigenvalue weighted by molar-refractivity contribution is 9.10. The summed E-state index contributed by atoms with van der Waals surface area (Å²) in [5.74, 6) is -0.179. The summed E-state index contributed by atoms with van der Waals surface area (Å²) in [6.45, 7) is 1.85. The van der Waals surface area contributed by atoms with E-state index in [9.17, 15) is 4.39 Å². The lowest BCUT2D eigenvalue weighted by atomic mass is 10.2. The second-order valence-electron chi connectivity index (χ2n) is 4.27. The van der Waals surface area contributed by atoms with Gasteiger partial charge in [0.15, 0.2) is 0 Å². The van der Waals surface area contributed by atoms with Crippen molar-refractivity contribution in [2.45, 2.75) is 25.8 Å². The fourth-order valence-electron chi connectivity index (χ4n) is 1.75. The predicted octanol–water partition coefficient (Wildman–Crippen LogP) is 4.59. The maximum atomic E-state index is 13.2. The molecule has 0 aliphatic heterocycles. The molecule has 0 unspecified atom stereocenters. The molecular formula is C13H18Br2FN. The van der Waals surface area contributed by atoms with Crippen LogP contribution >= 0.6 is 31.9 Å². The van der Waals surface area contributed by atoms with Crippen LogP contribution < -0.4 is 0 Å². The second-order valence-corrected chi connectivity index (χ2v) is 5.97. The Morgan fingerprint density at radius 3 is 2.59 bits per heavy atom. The van der Waals surface area contributed by atoms with Crippen LogP contribution in [0.4, 0.5) is 4.39 Å². The molecule has 0 aromatic heterocycles. The Labute approximate surface area is 120 Å². The van der Waals surface area contributed by atoms with Crippen molar-refractivity contribution in [2.24, 2.45) is 0 Å². The fraction of sp³-hybridized carbons (Fsp3) is 0.538. The molecule has 0 radical (unpaired) electrons. The van der Waals surface area contributed by atoms with Crippen LogP contribution in [0, 0.1) is 5.82 Å². The average Bonchev–Trinajstić information content (AvgIpc) is 2.23. The van der Waals surface area contributed by atoms with Crippen LogP contribution in [-0.4, -0.2) is 23.8 Å². The molecule has 17 heavy (non-hydrogen) atoms. The van der Waals surface area contributed by atoms with Crippen molar-refractivity contribution in [1.82, 2.24) is 4.90 Å². The number of unbranched alkanes of at least 4 members (excludes halogenated alkanes) is 2. The summed E-state index contributed by atoms with van der Waals surface area (Å²) in [6.07, 6.45) is 3.65. The SMILES string of the molecule is CN(CCCCCBr)Cc1cc(F)cc(Br)c1. The van der Waals surface area contributed by atoms with Gasteiger partial charge in [0.2, 0.25) is 0 Å². The molecule has 1 aromatic rings. The summed E-state index contributed by atoms with van der Waals surface area (Å²) >= 11 is 6.74. The van der Waals surface area contributed by atoms with Crippen LogP contribution in [0.3, 0.4) is 0 Å². The molecule has 0 saturated heterocycles. The van der Waals surface area contributed by atoms with E-state index in [-0.39, 0.29) is 5.82 Å². The predicted molar refractivity (Wildman–Crippen MR) is 78.1 cm³/mol. The monoisotopic (exact) mass is 365 g/mol. The number of nitrogens with zero attached hydrogens (tertiary/aromatic N) is 1. The third kappa shape index (κ3) is 6.53. The van der Waals surface area contributed by atoms with Gasteiger partial charge in [-0.15, -0.1) is 0 Å². The third-order valence-corrected chi connectivity index (χ3v) is 3.57. The molecule has 4 heteroatoms. The van der Waals surface area contributed by atoms with E-state index in [1.165, 1.54) is 25.3 Å². The Morgan fingerprint density at radius 2 is 1.94 bits per heavy atom. The van der Waals surface area contributed by atoms with Crippen LogP contribution in [0.25, 0.3) is 0 Å². The number of halogens is 3. The Kier molecular flexibility index (Phi) is 7.32. The minimum absolute atomic E-state index is 0.179. The van der Waals surface area contributed by atoms with E-state index in [4.69, 9.17) is 0 Å². The first-order chi connectivity index (χ1) is 8.11. The number of rotatable bonds is 7. The number of hydrogen-bond acceptors (Lipinski definition) is 1. The zero-order valence-corrected chi connectivity index (χ0v) is 13.2. The van der Waals surface area contributed by atoms with Crippen molar-refractivity contribution in [1.29, 1.82) is 0 Å². The summed E-state index contributed by atoms with van der Waals surface area (Å²) in [5, 5.41) is 1.08. The van der Waals surface area contributed by atoms with Crippen LogP contribution in [0.1, 0.15) is 24.8 Å². The van der Waals surface area contributed by atoms with Gasteiger partial charge >= 0.3 is 0 Å². The summed E-state index contributed by atoms with van der Waals surface area (Å²) in [4.78, 5) is 2.23. The molecule has 0 bridgehead atoms. The maximum Gasteiger partial charge on any atom is 0.124 e. The number of benzene rings is 1. The lowest BCUT2D eigenvalue weighted by Crippen LogP contribution is -2.19. The third-order valence-electron chi connectivity index (χ3n) is 2.55. The van der Waals surface area contributed by atoms with E-state index in [2.05, 4.69) is 43.8 Å². The topological polar surface area (TPSA) is 3.24 Å². The summed E-state index contributed by atoms with van der Waals surface area (Å²) in [6, 6.07) is 5.05. The Morgan fingerprint density at radius 1 is 1.18 bits per heavy atom. The molecule has 0 amide bonds. The first-order valence-corrected chi connectivity index (χ1v) is 7.72.